The topological polar surface area (TPSA) is 75.0 Å². The highest BCUT2D eigenvalue weighted by molar-refractivity contribution is 6.30. The van der Waals surface area contributed by atoms with Crippen molar-refractivity contribution < 1.29 is 28.2 Å². The number of rotatable bonds is 5. The Hall–Kier alpha value is -4.81. The predicted octanol–water partition coefficient (Wildman–Crippen LogP) is 7.60. The summed E-state index contributed by atoms with van der Waals surface area (Å²) in [6, 6.07) is 26.3. The summed E-state index contributed by atoms with van der Waals surface area (Å²) in [5, 5.41) is 1.16. The Balaban J connectivity index is 1.33. The van der Waals surface area contributed by atoms with Crippen LogP contribution in [-0.4, -0.2) is 18.9 Å². The van der Waals surface area contributed by atoms with E-state index in [2.05, 4.69) is 0 Å². The van der Waals surface area contributed by atoms with E-state index >= 15 is 0 Å². The zero-order chi connectivity index (χ0) is 26.2. The van der Waals surface area contributed by atoms with E-state index in [1.807, 2.05) is 30.3 Å². The third kappa shape index (κ3) is 4.31. The molecule has 0 saturated heterocycles. The fourth-order valence-electron chi connectivity index (χ4n) is 4.30. The van der Waals surface area contributed by atoms with Gasteiger partial charge < -0.3 is 18.6 Å². The molecule has 38 heavy (non-hydrogen) atoms. The summed E-state index contributed by atoms with van der Waals surface area (Å²) < 4.78 is 23.0. The van der Waals surface area contributed by atoms with E-state index in [1.165, 1.54) is 6.07 Å². The van der Waals surface area contributed by atoms with E-state index in [9.17, 15) is 9.59 Å². The molecule has 1 aliphatic rings. The molecule has 186 valence electrons. The second-order valence-corrected chi connectivity index (χ2v) is 9.01. The average molecular weight is 523 g/mol. The molecule has 0 aliphatic carbocycles. The monoisotopic (exact) mass is 522 g/mol. The summed E-state index contributed by atoms with van der Waals surface area (Å²) in [7, 11) is 1.55. The molecule has 0 unspecified atom stereocenters. The predicted molar refractivity (Wildman–Crippen MR) is 144 cm³/mol. The number of ether oxygens (including phenoxy) is 3. The summed E-state index contributed by atoms with van der Waals surface area (Å²) in [6.45, 7) is 0. The summed E-state index contributed by atoms with van der Waals surface area (Å²) in [4.78, 5) is 26.4. The van der Waals surface area contributed by atoms with Crippen molar-refractivity contribution in [2.24, 2.45) is 0 Å². The van der Waals surface area contributed by atoms with Crippen LogP contribution in [-0.2, 0) is 0 Å². The van der Waals surface area contributed by atoms with Crippen LogP contribution < -0.4 is 14.2 Å². The minimum Gasteiger partial charge on any atom is -0.497 e. The molecule has 0 amide bonds. The standard InChI is InChI=1S/C31H19ClO6/c1-35-21-12-14-25-24(16-21)28(30(38-25)19-5-3-2-4-6-19)31(34)36-22-11-13-23-26(17-22)37-27(29(23)33)15-18-7-9-20(32)10-8-18/h2-17H,1H3/b27-15-. The molecule has 0 saturated carbocycles. The van der Waals surface area contributed by atoms with Gasteiger partial charge in [-0.1, -0.05) is 54.1 Å². The molecule has 6 rings (SSSR count). The molecule has 0 fully saturated rings. The van der Waals surface area contributed by atoms with Crippen LogP contribution in [0.15, 0.2) is 101 Å². The number of carbonyl (C=O) groups is 2. The van der Waals surface area contributed by atoms with Crippen molar-refractivity contribution in [1.29, 1.82) is 0 Å². The highest BCUT2D eigenvalue weighted by Gasteiger charge is 2.29. The van der Waals surface area contributed by atoms with Crippen molar-refractivity contribution in [2.45, 2.75) is 0 Å². The van der Waals surface area contributed by atoms with Gasteiger partial charge in [-0.05, 0) is 54.1 Å². The second-order valence-electron chi connectivity index (χ2n) is 8.57. The first-order valence-corrected chi connectivity index (χ1v) is 12.1. The lowest BCUT2D eigenvalue weighted by atomic mass is 10.1. The number of methoxy groups -OCH3 is 1. The Morgan fingerprint density at radius 3 is 2.42 bits per heavy atom. The molecule has 5 aromatic rings. The van der Waals surface area contributed by atoms with Crippen molar-refractivity contribution in [1.82, 2.24) is 0 Å². The van der Waals surface area contributed by atoms with Crippen molar-refractivity contribution in [2.75, 3.05) is 7.11 Å². The van der Waals surface area contributed by atoms with Crippen LogP contribution in [0.25, 0.3) is 28.4 Å². The molecule has 6 nitrogen and oxygen atoms in total. The second kappa shape index (κ2) is 9.57. The third-order valence-electron chi connectivity index (χ3n) is 6.15. The zero-order valence-electron chi connectivity index (χ0n) is 20.1. The lowest BCUT2D eigenvalue weighted by molar-refractivity contribution is 0.0736. The van der Waals surface area contributed by atoms with Gasteiger partial charge in [0.25, 0.3) is 0 Å². The van der Waals surface area contributed by atoms with Gasteiger partial charge in [0.15, 0.2) is 5.76 Å². The molecule has 4 aromatic carbocycles. The Morgan fingerprint density at radius 1 is 0.895 bits per heavy atom. The quantitative estimate of drug-likeness (QED) is 0.134. The Labute approximate surface area is 222 Å². The van der Waals surface area contributed by atoms with Gasteiger partial charge in [0.1, 0.15) is 34.2 Å². The van der Waals surface area contributed by atoms with E-state index < -0.39 is 5.97 Å². The number of esters is 1. The molecule has 0 radical (unpaired) electrons. The maximum Gasteiger partial charge on any atom is 0.348 e. The molecule has 2 heterocycles. The van der Waals surface area contributed by atoms with Crippen molar-refractivity contribution in [3.63, 3.8) is 0 Å². The van der Waals surface area contributed by atoms with Gasteiger partial charge in [0, 0.05) is 22.0 Å². The van der Waals surface area contributed by atoms with Crippen molar-refractivity contribution in [3.05, 3.63) is 118 Å². The van der Waals surface area contributed by atoms with Crippen LogP contribution >= 0.6 is 11.6 Å². The summed E-state index contributed by atoms with van der Waals surface area (Å²) >= 11 is 5.95. The molecule has 0 N–H and O–H groups in total. The molecule has 1 aliphatic heterocycles. The highest BCUT2D eigenvalue weighted by atomic mass is 35.5. The van der Waals surface area contributed by atoms with E-state index in [-0.39, 0.29) is 22.9 Å². The molecule has 0 bridgehead atoms. The maximum atomic E-state index is 13.5. The lowest BCUT2D eigenvalue weighted by Crippen LogP contribution is -2.09. The minimum atomic E-state index is -0.614. The first kappa shape index (κ1) is 23.6. The number of ketones is 1. The summed E-state index contributed by atoms with van der Waals surface area (Å²) in [5.41, 5.74) is 2.68. The number of benzene rings is 4. The molecular weight excluding hydrogens is 504 g/mol. The largest absolute Gasteiger partial charge is 0.497 e. The van der Waals surface area contributed by atoms with Gasteiger partial charge in [-0.3, -0.25) is 4.79 Å². The molecule has 0 spiro atoms. The summed E-state index contributed by atoms with van der Waals surface area (Å²) in [5.74, 6) is 0.804. The first-order valence-electron chi connectivity index (χ1n) is 11.7. The van der Waals surface area contributed by atoms with Crippen LogP contribution in [0.4, 0.5) is 0 Å². The molecular formula is C31H19ClO6. The Kier molecular flexibility index (Phi) is 5.94. The number of carbonyl (C=O) groups excluding carboxylic acids is 2. The van der Waals surface area contributed by atoms with Gasteiger partial charge in [0.2, 0.25) is 5.78 Å². The number of halogens is 1. The van der Waals surface area contributed by atoms with Gasteiger partial charge in [-0.2, -0.15) is 0 Å². The summed E-state index contributed by atoms with van der Waals surface area (Å²) in [6.07, 6.45) is 1.64. The van der Waals surface area contributed by atoms with Gasteiger partial charge in [-0.15, -0.1) is 0 Å². The fraction of sp³-hybridized carbons (Fsp3) is 0.0323. The SMILES string of the molecule is COc1ccc2oc(-c3ccccc3)c(C(=O)Oc3ccc4c(c3)O/C(=C\c3ccc(Cl)cc3)C4=O)c2c1. The van der Waals surface area contributed by atoms with Crippen LogP contribution in [0.5, 0.6) is 17.2 Å². The van der Waals surface area contributed by atoms with Gasteiger partial charge in [0.05, 0.1) is 12.7 Å². The van der Waals surface area contributed by atoms with Crippen LogP contribution in [0, 0.1) is 0 Å². The molecule has 7 heteroatoms. The fourth-order valence-corrected chi connectivity index (χ4v) is 4.42. The third-order valence-corrected chi connectivity index (χ3v) is 6.41. The van der Waals surface area contributed by atoms with E-state index in [0.717, 1.165) is 11.1 Å². The van der Waals surface area contributed by atoms with E-state index in [0.29, 0.717) is 38.8 Å². The van der Waals surface area contributed by atoms with Crippen molar-refractivity contribution >= 4 is 40.4 Å². The van der Waals surface area contributed by atoms with Crippen molar-refractivity contribution in [3.8, 4) is 28.6 Å². The number of allylic oxidation sites excluding steroid dienone is 1. The average Bonchev–Trinajstić information content (AvgIpc) is 3.47. The Morgan fingerprint density at radius 2 is 1.66 bits per heavy atom. The van der Waals surface area contributed by atoms with Crippen LogP contribution in [0.1, 0.15) is 26.3 Å². The number of furan rings is 1. The number of Topliss-reactive ketones (excluding diaryl/α,β-unsaturated/α-hetero) is 1. The zero-order valence-corrected chi connectivity index (χ0v) is 20.8. The first-order chi connectivity index (χ1) is 18.5. The maximum absolute atomic E-state index is 13.5. The van der Waals surface area contributed by atoms with Crippen LogP contribution in [0.3, 0.4) is 0 Å². The highest BCUT2D eigenvalue weighted by Crippen LogP contribution is 2.38. The molecule has 1 aromatic heterocycles. The number of fused-ring (bicyclic) bond motifs is 2. The number of hydrogen-bond donors (Lipinski definition) is 0. The minimum absolute atomic E-state index is 0.171. The normalized spacial score (nSPS) is 13.4. The smallest absolute Gasteiger partial charge is 0.348 e. The Bertz CT molecular complexity index is 1730. The van der Waals surface area contributed by atoms with E-state index in [1.54, 1.807) is 67.8 Å². The lowest BCUT2D eigenvalue weighted by Gasteiger charge is -2.07. The van der Waals surface area contributed by atoms with Gasteiger partial charge >= 0.3 is 5.97 Å². The van der Waals surface area contributed by atoms with Gasteiger partial charge in [-0.25, -0.2) is 4.79 Å². The molecule has 0 atom stereocenters. The number of hydrogen-bond acceptors (Lipinski definition) is 6. The van der Waals surface area contributed by atoms with E-state index in [4.69, 9.17) is 30.2 Å². The van der Waals surface area contributed by atoms with Crippen LogP contribution in [0.2, 0.25) is 5.02 Å².